The van der Waals surface area contributed by atoms with Crippen molar-refractivity contribution in [1.29, 1.82) is 0 Å². The number of carbonyl (C=O) groups excluding carboxylic acids is 1. The molecule has 1 atom stereocenters. The van der Waals surface area contributed by atoms with Gasteiger partial charge in [-0.05, 0) is 67.7 Å². The summed E-state index contributed by atoms with van der Waals surface area (Å²) in [4.78, 5) is 27.2. The van der Waals surface area contributed by atoms with Crippen LogP contribution < -0.4 is 10.2 Å². The van der Waals surface area contributed by atoms with Gasteiger partial charge in [0, 0.05) is 12.6 Å². The number of carbonyl (C=O) groups is 2. The number of nitrogens with zero attached hydrogens (tertiary/aromatic N) is 1. The summed E-state index contributed by atoms with van der Waals surface area (Å²) < 4.78 is 0. The van der Waals surface area contributed by atoms with E-state index < -0.39 is 5.97 Å². The van der Waals surface area contributed by atoms with Gasteiger partial charge >= 0.3 is 5.97 Å². The molecule has 1 unspecified atom stereocenters. The van der Waals surface area contributed by atoms with Gasteiger partial charge < -0.3 is 15.3 Å². The SMILES string of the molecule is CC.CCC(CC(=O)O)c1ccc(N(CCC(C)C)C2CCCCC2)c(NC(=O)Cc2ccc(C)cc2)c1. The van der Waals surface area contributed by atoms with E-state index >= 15 is 0 Å². The fourth-order valence-electron chi connectivity index (χ4n) is 5.24. The van der Waals surface area contributed by atoms with Gasteiger partial charge in [0.2, 0.25) is 5.91 Å². The van der Waals surface area contributed by atoms with Crippen LogP contribution in [0.15, 0.2) is 42.5 Å². The van der Waals surface area contributed by atoms with Crippen LogP contribution in [0.5, 0.6) is 0 Å². The Morgan fingerprint density at radius 3 is 2.26 bits per heavy atom. The minimum Gasteiger partial charge on any atom is -0.481 e. The van der Waals surface area contributed by atoms with Gasteiger partial charge in [-0.2, -0.15) is 0 Å². The van der Waals surface area contributed by atoms with E-state index in [1.54, 1.807) is 0 Å². The van der Waals surface area contributed by atoms with E-state index in [0.717, 1.165) is 41.9 Å². The predicted molar refractivity (Wildman–Crippen MR) is 160 cm³/mol. The number of benzene rings is 2. The highest BCUT2D eigenvalue weighted by atomic mass is 16.4. The van der Waals surface area contributed by atoms with Gasteiger partial charge in [0.25, 0.3) is 0 Å². The number of carboxylic acid groups (broad SMARTS) is 1. The van der Waals surface area contributed by atoms with Crippen molar-refractivity contribution in [2.75, 3.05) is 16.8 Å². The average molecular weight is 523 g/mol. The van der Waals surface area contributed by atoms with Crippen molar-refractivity contribution in [2.45, 2.75) is 111 Å². The molecule has 5 nitrogen and oxygen atoms in total. The summed E-state index contributed by atoms with van der Waals surface area (Å²) in [6.07, 6.45) is 8.35. The Balaban J connectivity index is 0.00000247. The normalized spacial score (nSPS) is 14.4. The van der Waals surface area contributed by atoms with Crippen molar-refractivity contribution in [3.8, 4) is 0 Å². The largest absolute Gasteiger partial charge is 0.481 e. The number of carboxylic acids is 1. The number of hydrogen-bond donors (Lipinski definition) is 2. The van der Waals surface area contributed by atoms with Gasteiger partial charge in [-0.3, -0.25) is 9.59 Å². The first-order chi connectivity index (χ1) is 18.3. The standard InChI is InChI=1S/C31H44N2O3.C2H6/c1-5-25(21-31(35)36)26-15-16-29(33(18-17-22(2)3)27-9-7-6-8-10-27)28(20-26)32-30(34)19-24-13-11-23(4)12-14-24;1-2/h11-16,20,22,25,27H,5-10,17-19,21H2,1-4H3,(H,32,34)(H,35,36);1-2H3. The minimum absolute atomic E-state index is 0.0454. The zero-order chi connectivity index (χ0) is 28.1. The van der Waals surface area contributed by atoms with Crippen molar-refractivity contribution in [3.05, 3.63) is 59.2 Å². The third kappa shape index (κ3) is 9.81. The zero-order valence-electron chi connectivity index (χ0n) is 24.6. The highest BCUT2D eigenvalue weighted by Crippen LogP contribution is 2.36. The van der Waals surface area contributed by atoms with Gasteiger partial charge in [0.15, 0.2) is 0 Å². The van der Waals surface area contributed by atoms with E-state index in [0.29, 0.717) is 18.4 Å². The van der Waals surface area contributed by atoms with E-state index in [-0.39, 0.29) is 18.2 Å². The Kier molecular flexibility index (Phi) is 13.4. The molecular weight excluding hydrogens is 472 g/mol. The molecule has 1 fully saturated rings. The van der Waals surface area contributed by atoms with Crippen LogP contribution in [0, 0.1) is 12.8 Å². The molecule has 2 N–H and O–H groups in total. The van der Waals surface area contributed by atoms with Crippen LogP contribution >= 0.6 is 0 Å². The Labute approximate surface area is 231 Å². The molecule has 0 aliphatic heterocycles. The first-order valence-corrected chi connectivity index (χ1v) is 14.7. The molecule has 1 amide bonds. The summed E-state index contributed by atoms with van der Waals surface area (Å²) in [7, 11) is 0. The summed E-state index contributed by atoms with van der Waals surface area (Å²) in [6, 6.07) is 14.8. The highest BCUT2D eigenvalue weighted by molar-refractivity contribution is 5.96. The number of hydrogen-bond acceptors (Lipinski definition) is 3. The second-order valence-electron chi connectivity index (χ2n) is 10.9. The Hall–Kier alpha value is -2.82. The van der Waals surface area contributed by atoms with E-state index in [1.165, 1.54) is 37.7 Å². The lowest BCUT2D eigenvalue weighted by molar-refractivity contribution is -0.137. The first kappa shape index (κ1) is 31.4. The molecule has 2 aromatic rings. The topological polar surface area (TPSA) is 69.6 Å². The first-order valence-electron chi connectivity index (χ1n) is 14.7. The number of rotatable bonds is 12. The van der Waals surface area contributed by atoms with Crippen LogP contribution in [0.1, 0.15) is 109 Å². The quantitative estimate of drug-likeness (QED) is 0.294. The molecule has 38 heavy (non-hydrogen) atoms. The van der Waals surface area contributed by atoms with Gasteiger partial charge in [-0.1, -0.05) is 89.8 Å². The molecule has 0 heterocycles. The molecule has 0 radical (unpaired) electrons. The fraction of sp³-hybridized carbons (Fsp3) is 0.576. The Bertz CT molecular complexity index is 994. The van der Waals surface area contributed by atoms with E-state index in [4.69, 9.17) is 0 Å². The van der Waals surface area contributed by atoms with Crippen LogP contribution in [0.25, 0.3) is 0 Å². The summed E-state index contributed by atoms with van der Waals surface area (Å²) in [6.45, 7) is 13.5. The summed E-state index contributed by atoms with van der Waals surface area (Å²) in [5.74, 6) is -0.328. The molecule has 5 heteroatoms. The number of anilines is 2. The van der Waals surface area contributed by atoms with Crippen LogP contribution in [-0.2, 0) is 16.0 Å². The molecular formula is C33H50N2O3. The molecule has 0 bridgehead atoms. The molecule has 0 aromatic heterocycles. The highest BCUT2D eigenvalue weighted by Gasteiger charge is 2.25. The van der Waals surface area contributed by atoms with Gasteiger partial charge in [-0.25, -0.2) is 0 Å². The molecule has 1 saturated carbocycles. The third-order valence-corrected chi connectivity index (χ3v) is 7.44. The second-order valence-corrected chi connectivity index (χ2v) is 10.9. The van der Waals surface area contributed by atoms with Gasteiger partial charge in [0.05, 0.1) is 24.2 Å². The van der Waals surface area contributed by atoms with Crippen molar-refractivity contribution in [1.82, 2.24) is 0 Å². The average Bonchev–Trinajstić information content (AvgIpc) is 2.91. The van der Waals surface area contributed by atoms with Gasteiger partial charge in [0.1, 0.15) is 0 Å². The lowest BCUT2D eigenvalue weighted by atomic mass is 9.90. The fourth-order valence-corrected chi connectivity index (χ4v) is 5.24. The maximum Gasteiger partial charge on any atom is 0.303 e. The Morgan fingerprint density at radius 1 is 1.03 bits per heavy atom. The minimum atomic E-state index is -0.795. The molecule has 3 rings (SSSR count). The van der Waals surface area contributed by atoms with Crippen LogP contribution in [-0.4, -0.2) is 29.6 Å². The van der Waals surface area contributed by atoms with Crippen LogP contribution in [0.2, 0.25) is 0 Å². The monoisotopic (exact) mass is 522 g/mol. The zero-order valence-corrected chi connectivity index (χ0v) is 24.6. The lowest BCUT2D eigenvalue weighted by Gasteiger charge is -2.38. The van der Waals surface area contributed by atoms with Crippen LogP contribution in [0.4, 0.5) is 11.4 Å². The predicted octanol–water partition coefficient (Wildman–Crippen LogP) is 8.36. The lowest BCUT2D eigenvalue weighted by Crippen LogP contribution is -2.38. The molecule has 2 aromatic carbocycles. The molecule has 1 aliphatic rings. The van der Waals surface area contributed by atoms with Crippen LogP contribution in [0.3, 0.4) is 0 Å². The maximum atomic E-state index is 13.2. The molecule has 0 spiro atoms. The maximum absolute atomic E-state index is 13.2. The number of amides is 1. The van der Waals surface area contributed by atoms with E-state index in [2.05, 4.69) is 36.2 Å². The summed E-state index contributed by atoms with van der Waals surface area (Å²) in [5, 5.41) is 12.7. The summed E-state index contributed by atoms with van der Waals surface area (Å²) in [5.41, 5.74) is 5.00. The number of aliphatic carboxylic acids is 1. The van der Waals surface area contributed by atoms with E-state index in [9.17, 15) is 14.7 Å². The number of nitrogens with one attached hydrogen (secondary N) is 1. The Morgan fingerprint density at radius 2 is 1.68 bits per heavy atom. The van der Waals surface area contributed by atoms with Crippen molar-refractivity contribution >= 4 is 23.3 Å². The summed E-state index contributed by atoms with van der Waals surface area (Å²) >= 11 is 0. The molecule has 1 aliphatic carbocycles. The van der Waals surface area contributed by atoms with Crippen molar-refractivity contribution in [3.63, 3.8) is 0 Å². The number of aryl methyl sites for hydroxylation is 1. The third-order valence-electron chi connectivity index (χ3n) is 7.44. The second kappa shape index (κ2) is 16.2. The van der Waals surface area contributed by atoms with Gasteiger partial charge in [-0.15, -0.1) is 0 Å². The van der Waals surface area contributed by atoms with Crippen molar-refractivity contribution < 1.29 is 14.7 Å². The molecule has 210 valence electrons. The van der Waals surface area contributed by atoms with Crippen molar-refractivity contribution in [2.24, 2.45) is 5.92 Å². The van der Waals surface area contributed by atoms with E-state index in [1.807, 2.05) is 58.0 Å². The molecule has 0 saturated heterocycles. The smallest absolute Gasteiger partial charge is 0.303 e.